The van der Waals surface area contributed by atoms with Crippen LogP contribution in [0.2, 0.25) is 0 Å². The van der Waals surface area contributed by atoms with E-state index in [9.17, 15) is 9.59 Å². The van der Waals surface area contributed by atoms with Crippen LogP contribution in [0.15, 0.2) is 23.6 Å². The predicted octanol–water partition coefficient (Wildman–Crippen LogP) is 2.80. The van der Waals surface area contributed by atoms with Gasteiger partial charge in [-0.3, -0.25) is 4.79 Å². The Morgan fingerprint density at radius 3 is 2.62 bits per heavy atom. The molecule has 0 radical (unpaired) electrons. The van der Waals surface area contributed by atoms with Crippen molar-refractivity contribution in [2.45, 2.75) is 31.7 Å². The smallest absolute Gasteiger partial charge is 0.317 e. The number of nitrogens with one attached hydrogen (secondary N) is 1. The van der Waals surface area contributed by atoms with Crippen LogP contribution in [0.25, 0.3) is 6.08 Å². The first-order valence-electron chi connectivity index (χ1n) is 8.46. The first-order valence-corrected chi connectivity index (χ1v) is 9.34. The van der Waals surface area contributed by atoms with E-state index in [0.717, 1.165) is 43.6 Å². The fourth-order valence-electron chi connectivity index (χ4n) is 3.65. The van der Waals surface area contributed by atoms with Crippen molar-refractivity contribution in [3.05, 3.63) is 28.5 Å². The highest BCUT2D eigenvalue weighted by Gasteiger charge is 2.46. The molecule has 3 rings (SSSR count). The summed E-state index contributed by atoms with van der Waals surface area (Å²) in [4.78, 5) is 28.6. The molecule has 1 N–H and O–H groups in total. The number of urea groups is 1. The summed E-state index contributed by atoms with van der Waals surface area (Å²) in [6, 6.07) is 4.28. The number of carbonyl (C=O) groups excluding carboxylic acids is 2. The average molecular weight is 347 g/mol. The zero-order chi connectivity index (χ0) is 17.2. The number of hydrogen-bond acceptors (Lipinski definition) is 3. The molecule has 1 aliphatic heterocycles. The number of rotatable bonds is 3. The minimum Gasteiger partial charge on any atom is -0.339 e. The molecular weight excluding hydrogens is 322 g/mol. The van der Waals surface area contributed by atoms with Gasteiger partial charge in [-0.25, -0.2) is 4.79 Å². The van der Waals surface area contributed by atoms with E-state index >= 15 is 0 Å². The molecule has 1 saturated carbocycles. The summed E-state index contributed by atoms with van der Waals surface area (Å²) in [6.45, 7) is 1.64. The van der Waals surface area contributed by atoms with Gasteiger partial charge in [-0.1, -0.05) is 6.07 Å². The van der Waals surface area contributed by atoms with E-state index in [1.807, 2.05) is 28.5 Å². The van der Waals surface area contributed by atoms with Crippen molar-refractivity contribution in [1.82, 2.24) is 15.1 Å². The Kier molecular flexibility index (Phi) is 4.94. The van der Waals surface area contributed by atoms with Gasteiger partial charge in [0.15, 0.2) is 0 Å². The van der Waals surface area contributed by atoms with Gasteiger partial charge in [-0.05, 0) is 48.6 Å². The lowest BCUT2D eigenvalue weighted by Crippen LogP contribution is -2.56. The Morgan fingerprint density at radius 1 is 1.33 bits per heavy atom. The van der Waals surface area contributed by atoms with Gasteiger partial charge in [0, 0.05) is 44.2 Å². The van der Waals surface area contributed by atoms with Crippen LogP contribution in [0, 0.1) is 5.41 Å². The van der Waals surface area contributed by atoms with Crippen molar-refractivity contribution < 1.29 is 9.59 Å². The van der Waals surface area contributed by atoms with Gasteiger partial charge in [0.25, 0.3) is 0 Å². The Labute approximate surface area is 147 Å². The van der Waals surface area contributed by atoms with Crippen LogP contribution >= 0.6 is 11.3 Å². The second kappa shape index (κ2) is 6.97. The highest BCUT2D eigenvalue weighted by molar-refractivity contribution is 7.10. The number of hydrogen-bond donors (Lipinski definition) is 1. The standard InChI is InChI=1S/C18H25N3O2S/c1-20(2)17(23)19-14-12-18(13-14)7-9-21(10-8-18)16(22)6-5-15-4-3-11-24-15/h3-6,11,14H,7-10,12-13H2,1-2H3,(H,19,23)/b6-5+. The molecule has 0 aromatic carbocycles. The van der Waals surface area contributed by atoms with Gasteiger partial charge in [-0.15, -0.1) is 11.3 Å². The normalized spacial score (nSPS) is 20.2. The minimum atomic E-state index is -0.0128. The summed E-state index contributed by atoms with van der Waals surface area (Å²) in [5.74, 6) is 0.107. The third-order valence-corrected chi connectivity index (χ3v) is 6.00. The Balaban J connectivity index is 1.43. The van der Waals surface area contributed by atoms with E-state index in [-0.39, 0.29) is 11.9 Å². The summed E-state index contributed by atoms with van der Waals surface area (Å²) < 4.78 is 0. The van der Waals surface area contributed by atoms with E-state index in [4.69, 9.17) is 0 Å². The van der Waals surface area contributed by atoms with Crippen LogP contribution in [0.1, 0.15) is 30.6 Å². The maximum atomic E-state index is 12.3. The molecule has 1 aliphatic carbocycles. The lowest BCUT2D eigenvalue weighted by molar-refractivity contribution is -0.129. The Morgan fingerprint density at radius 2 is 2.04 bits per heavy atom. The van der Waals surface area contributed by atoms with Gasteiger partial charge in [0.1, 0.15) is 0 Å². The summed E-state index contributed by atoms with van der Waals surface area (Å²) in [6.07, 6.45) is 7.75. The topological polar surface area (TPSA) is 52.7 Å². The van der Waals surface area contributed by atoms with E-state index in [2.05, 4.69) is 5.32 Å². The quantitative estimate of drug-likeness (QED) is 0.855. The molecule has 1 saturated heterocycles. The maximum absolute atomic E-state index is 12.3. The lowest BCUT2D eigenvalue weighted by Gasteiger charge is -2.52. The fraction of sp³-hybridized carbons (Fsp3) is 0.556. The third kappa shape index (κ3) is 3.80. The second-order valence-corrected chi connectivity index (χ2v) is 8.10. The SMILES string of the molecule is CN(C)C(=O)NC1CC2(CCN(C(=O)/C=C/c3cccs3)CC2)C1. The van der Waals surface area contributed by atoms with Crippen molar-refractivity contribution in [2.75, 3.05) is 27.2 Å². The molecule has 0 bridgehead atoms. The molecule has 0 atom stereocenters. The van der Waals surface area contributed by atoms with Crippen LogP contribution in [-0.4, -0.2) is 55.0 Å². The molecule has 6 heteroatoms. The van der Waals surface area contributed by atoms with Crippen LogP contribution in [0.3, 0.4) is 0 Å². The molecule has 0 unspecified atom stereocenters. The molecule has 130 valence electrons. The van der Waals surface area contributed by atoms with Crippen molar-refractivity contribution in [3.8, 4) is 0 Å². The molecular formula is C18H25N3O2S. The van der Waals surface area contributed by atoms with Gasteiger partial charge < -0.3 is 15.1 Å². The molecule has 2 heterocycles. The van der Waals surface area contributed by atoms with Gasteiger partial charge in [-0.2, -0.15) is 0 Å². The summed E-state index contributed by atoms with van der Waals surface area (Å²) >= 11 is 1.64. The molecule has 2 aliphatic rings. The molecule has 1 spiro atoms. The van der Waals surface area contributed by atoms with Crippen LogP contribution in [0.4, 0.5) is 4.79 Å². The van der Waals surface area contributed by atoms with Crippen LogP contribution in [-0.2, 0) is 4.79 Å². The molecule has 24 heavy (non-hydrogen) atoms. The number of thiophene rings is 1. The van der Waals surface area contributed by atoms with Crippen LogP contribution in [0.5, 0.6) is 0 Å². The fourth-order valence-corrected chi connectivity index (χ4v) is 4.26. The second-order valence-electron chi connectivity index (χ2n) is 7.12. The van der Waals surface area contributed by atoms with Crippen molar-refractivity contribution in [3.63, 3.8) is 0 Å². The maximum Gasteiger partial charge on any atom is 0.317 e. The van der Waals surface area contributed by atoms with Crippen LogP contribution < -0.4 is 5.32 Å². The largest absolute Gasteiger partial charge is 0.339 e. The van der Waals surface area contributed by atoms with E-state index in [0.29, 0.717) is 11.5 Å². The van der Waals surface area contributed by atoms with Crippen molar-refractivity contribution in [2.24, 2.45) is 5.41 Å². The summed E-state index contributed by atoms with van der Waals surface area (Å²) in [5, 5.41) is 5.06. The summed E-state index contributed by atoms with van der Waals surface area (Å²) in [5.41, 5.74) is 0.332. The first kappa shape index (κ1) is 17.0. The van der Waals surface area contributed by atoms with Gasteiger partial charge >= 0.3 is 6.03 Å². The molecule has 1 aromatic heterocycles. The first-order chi connectivity index (χ1) is 11.5. The number of nitrogens with zero attached hydrogens (tertiary/aromatic N) is 2. The van der Waals surface area contributed by atoms with Crippen molar-refractivity contribution >= 4 is 29.4 Å². The Hall–Kier alpha value is -1.82. The Bertz CT molecular complexity index is 608. The average Bonchev–Trinajstić information content (AvgIpc) is 3.05. The number of piperidine rings is 1. The van der Waals surface area contributed by atoms with Gasteiger partial charge in [0.2, 0.25) is 5.91 Å². The van der Waals surface area contributed by atoms with Crippen molar-refractivity contribution in [1.29, 1.82) is 0 Å². The van der Waals surface area contributed by atoms with E-state index in [1.54, 1.807) is 36.4 Å². The zero-order valence-corrected chi connectivity index (χ0v) is 15.1. The molecule has 3 amide bonds. The van der Waals surface area contributed by atoms with E-state index in [1.165, 1.54) is 0 Å². The summed E-state index contributed by atoms with van der Waals surface area (Å²) in [7, 11) is 3.52. The highest BCUT2D eigenvalue weighted by Crippen LogP contribution is 2.49. The highest BCUT2D eigenvalue weighted by atomic mass is 32.1. The van der Waals surface area contributed by atoms with E-state index < -0.39 is 0 Å². The minimum absolute atomic E-state index is 0.0128. The molecule has 1 aromatic rings. The molecule has 2 fully saturated rings. The number of amides is 3. The predicted molar refractivity (Wildman–Crippen MR) is 96.8 cm³/mol. The third-order valence-electron chi connectivity index (χ3n) is 5.16. The zero-order valence-electron chi connectivity index (χ0n) is 14.3. The molecule has 5 nitrogen and oxygen atoms in total. The monoisotopic (exact) mass is 347 g/mol. The number of likely N-dealkylation sites (tertiary alicyclic amines) is 1. The number of carbonyl (C=O) groups is 2. The van der Waals surface area contributed by atoms with Gasteiger partial charge in [0.05, 0.1) is 0 Å². The lowest BCUT2D eigenvalue weighted by atomic mass is 9.60.